The first-order valence-corrected chi connectivity index (χ1v) is 7.08. The average molecular weight is 326 g/mol. The Bertz CT molecular complexity index is 714. The number of halogens is 3. The van der Waals surface area contributed by atoms with Crippen molar-refractivity contribution in [2.24, 2.45) is 0 Å². The van der Waals surface area contributed by atoms with Crippen molar-refractivity contribution in [1.29, 1.82) is 0 Å². The summed E-state index contributed by atoms with van der Waals surface area (Å²) in [7, 11) is 0. The maximum Gasteiger partial charge on any atom is 0.433 e. The predicted molar refractivity (Wildman–Crippen MR) is 72.0 cm³/mol. The number of hydrogen-bond donors (Lipinski definition) is 1. The van der Waals surface area contributed by atoms with E-state index in [0.29, 0.717) is 12.8 Å². The fourth-order valence-electron chi connectivity index (χ4n) is 2.40. The van der Waals surface area contributed by atoms with E-state index in [0.717, 1.165) is 18.9 Å². The van der Waals surface area contributed by atoms with Crippen molar-refractivity contribution in [3.8, 4) is 11.5 Å². The van der Waals surface area contributed by atoms with Gasteiger partial charge in [-0.2, -0.15) is 18.2 Å². The summed E-state index contributed by atoms with van der Waals surface area (Å²) in [4.78, 5) is 18.9. The quantitative estimate of drug-likeness (QED) is 0.936. The van der Waals surface area contributed by atoms with E-state index in [2.05, 4.69) is 20.4 Å². The van der Waals surface area contributed by atoms with Crippen LogP contribution >= 0.6 is 0 Å². The Balaban J connectivity index is 1.75. The van der Waals surface area contributed by atoms with E-state index in [9.17, 15) is 18.0 Å². The van der Waals surface area contributed by atoms with E-state index in [1.54, 1.807) is 0 Å². The van der Waals surface area contributed by atoms with Crippen LogP contribution in [0, 0.1) is 0 Å². The molecule has 1 atom stereocenters. The van der Waals surface area contributed by atoms with Crippen molar-refractivity contribution < 1.29 is 22.5 Å². The lowest BCUT2D eigenvalue weighted by atomic mass is 10.0. The van der Waals surface area contributed by atoms with Crippen LogP contribution in [0.5, 0.6) is 0 Å². The molecule has 9 heteroatoms. The van der Waals surface area contributed by atoms with E-state index in [-0.39, 0.29) is 29.4 Å². The number of pyridine rings is 1. The Hall–Kier alpha value is -2.45. The normalized spacial score (nSPS) is 18.7. The van der Waals surface area contributed by atoms with Gasteiger partial charge in [0.1, 0.15) is 11.4 Å². The zero-order valence-corrected chi connectivity index (χ0v) is 11.9. The molecule has 0 aromatic carbocycles. The monoisotopic (exact) mass is 326 g/mol. The van der Waals surface area contributed by atoms with Gasteiger partial charge in [0.2, 0.25) is 17.6 Å². The largest absolute Gasteiger partial charge is 0.433 e. The van der Waals surface area contributed by atoms with Crippen LogP contribution in [0.25, 0.3) is 11.5 Å². The molecular formula is C14H13F3N4O2. The maximum atomic E-state index is 12.7. The molecule has 122 valence electrons. The third-order valence-corrected chi connectivity index (χ3v) is 3.48. The predicted octanol–water partition coefficient (Wildman–Crippen LogP) is 2.36. The fourth-order valence-corrected chi connectivity index (χ4v) is 2.40. The third-order valence-electron chi connectivity index (χ3n) is 3.48. The summed E-state index contributed by atoms with van der Waals surface area (Å²) in [5, 5.41) is 6.48. The average Bonchev–Trinajstić information content (AvgIpc) is 2.95. The number of alkyl halides is 3. The molecule has 1 fully saturated rings. The molecule has 2 aromatic heterocycles. The van der Waals surface area contributed by atoms with Crippen LogP contribution < -0.4 is 5.32 Å². The number of amides is 1. The van der Waals surface area contributed by atoms with Crippen molar-refractivity contribution in [3.63, 3.8) is 0 Å². The van der Waals surface area contributed by atoms with Gasteiger partial charge in [-0.05, 0) is 25.0 Å². The summed E-state index contributed by atoms with van der Waals surface area (Å²) in [5.41, 5.74) is -1.02. The van der Waals surface area contributed by atoms with Gasteiger partial charge < -0.3 is 9.84 Å². The summed E-state index contributed by atoms with van der Waals surface area (Å²) < 4.78 is 43.1. The van der Waals surface area contributed by atoms with Gasteiger partial charge in [0, 0.05) is 18.9 Å². The number of carbonyl (C=O) groups excluding carboxylic acids is 1. The lowest BCUT2D eigenvalue weighted by molar-refractivity contribution is -0.141. The minimum atomic E-state index is -4.53. The molecule has 3 rings (SSSR count). The smallest absolute Gasteiger partial charge is 0.353 e. The molecule has 0 spiro atoms. The Morgan fingerprint density at radius 2 is 2.13 bits per heavy atom. The molecule has 1 N–H and O–H groups in total. The molecule has 2 aromatic rings. The van der Waals surface area contributed by atoms with Crippen LogP contribution in [0.2, 0.25) is 0 Å². The summed E-state index contributed by atoms with van der Waals surface area (Å²) in [6, 6.07) is 3.40. The SMILES string of the molecule is O=C1CCCC(Cc2nc(-c3cccc(C(F)(F)F)n3)no2)N1. The first-order chi connectivity index (χ1) is 10.9. The van der Waals surface area contributed by atoms with Gasteiger partial charge in [-0.3, -0.25) is 4.79 Å². The third kappa shape index (κ3) is 3.66. The molecule has 3 heterocycles. The number of nitrogens with one attached hydrogen (secondary N) is 1. The van der Waals surface area contributed by atoms with Crippen LogP contribution in [0.15, 0.2) is 22.7 Å². The first kappa shape index (κ1) is 15.4. The molecule has 23 heavy (non-hydrogen) atoms. The Kier molecular flexibility index (Phi) is 4.01. The zero-order valence-electron chi connectivity index (χ0n) is 11.9. The minimum Gasteiger partial charge on any atom is -0.353 e. The Morgan fingerprint density at radius 3 is 2.87 bits per heavy atom. The molecule has 1 amide bonds. The standard InChI is InChI=1S/C14H13F3N4O2/c15-14(16,17)10-5-2-4-9(19-10)13-20-12(23-21-13)7-8-3-1-6-11(22)18-8/h2,4-5,8H,1,3,6-7H2,(H,18,22). The second kappa shape index (κ2) is 5.98. The summed E-state index contributed by atoms with van der Waals surface area (Å²) in [6.45, 7) is 0. The number of carbonyl (C=O) groups is 1. The molecule has 1 aliphatic rings. The van der Waals surface area contributed by atoms with Gasteiger partial charge in [0.25, 0.3) is 0 Å². The van der Waals surface area contributed by atoms with Gasteiger partial charge in [-0.1, -0.05) is 11.2 Å². The van der Waals surface area contributed by atoms with E-state index in [4.69, 9.17) is 4.52 Å². The summed E-state index contributed by atoms with van der Waals surface area (Å²) in [5.74, 6) is 0.222. The molecule has 1 unspecified atom stereocenters. The molecule has 0 aliphatic carbocycles. The van der Waals surface area contributed by atoms with Crippen molar-refractivity contribution in [2.75, 3.05) is 0 Å². The minimum absolute atomic E-state index is 0.00626. The highest BCUT2D eigenvalue weighted by Crippen LogP contribution is 2.28. The topological polar surface area (TPSA) is 80.9 Å². The molecule has 1 saturated heterocycles. The van der Waals surface area contributed by atoms with Crippen LogP contribution in [0.4, 0.5) is 13.2 Å². The molecule has 0 radical (unpaired) electrons. The number of piperidine rings is 1. The van der Waals surface area contributed by atoms with E-state index in [1.165, 1.54) is 12.1 Å². The van der Waals surface area contributed by atoms with E-state index < -0.39 is 11.9 Å². The molecule has 0 saturated carbocycles. The van der Waals surface area contributed by atoms with Crippen LogP contribution in [-0.4, -0.2) is 27.1 Å². The first-order valence-electron chi connectivity index (χ1n) is 7.08. The molecular weight excluding hydrogens is 313 g/mol. The molecule has 0 bridgehead atoms. The molecule has 1 aliphatic heterocycles. The van der Waals surface area contributed by atoms with Crippen LogP contribution in [0.1, 0.15) is 30.8 Å². The van der Waals surface area contributed by atoms with Gasteiger partial charge in [-0.15, -0.1) is 0 Å². The van der Waals surface area contributed by atoms with E-state index in [1.807, 2.05) is 0 Å². The van der Waals surface area contributed by atoms with Crippen molar-refractivity contribution in [2.45, 2.75) is 37.9 Å². The van der Waals surface area contributed by atoms with Crippen molar-refractivity contribution in [1.82, 2.24) is 20.4 Å². The van der Waals surface area contributed by atoms with Crippen molar-refractivity contribution >= 4 is 5.91 Å². The second-order valence-corrected chi connectivity index (χ2v) is 5.28. The summed E-state index contributed by atoms with van der Waals surface area (Å²) >= 11 is 0. The highest BCUT2D eigenvalue weighted by atomic mass is 19.4. The lowest BCUT2D eigenvalue weighted by Crippen LogP contribution is -2.40. The fraction of sp³-hybridized carbons (Fsp3) is 0.429. The number of hydrogen-bond acceptors (Lipinski definition) is 5. The van der Waals surface area contributed by atoms with Gasteiger partial charge in [-0.25, -0.2) is 4.98 Å². The van der Waals surface area contributed by atoms with Gasteiger partial charge in [0.05, 0.1) is 0 Å². The molecule has 6 nitrogen and oxygen atoms in total. The van der Waals surface area contributed by atoms with E-state index >= 15 is 0 Å². The van der Waals surface area contributed by atoms with Crippen molar-refractivity contribution in [3.05, 3.63) is 29.8 Å². The number of nitrogens with zero attached hydrogens (tertiary/aromatic N) is 3. The summed E-state index contributed by atoms with van der Waals surface area (Å²) in [6.07, 6.45) is -2.11. The number of aromatic nitrogens is 3. The number of rotatable bonds is 3. The Morgan fingerprint density at radius 1 is 1.30 bits per heavy atom. The lowest BCUT2D eigenvalue weighted by Gasteiger charge is -2.21. The van der Waals surface area contributed by atoms with Crippen LogP contribution in [-0.2, 0) is 17.4 Å². The zero-order chi connectivity index (χ0) is 16.4. The highest BCUT2D eigenvalue weighted by Gasteiger charge is 2.33. The highest BCUT2D eigenvalue weighted by molar-refractivity contribution is 5.76. The second-order valence-electron chi connectivity index (χ2n) is 5.28. The van der Waals surface area contributed by atoms with Gasteiger partial charge in [0.15, 0.2) is 0 Å². The van der Waals surface area contributed by atoms with Crippen LogP contribution in [0.3, 0.4) is 0 Å². The Labute approximate surface area is 129 Å². The maximum absolute atomic E-state index is 12.7. The van der Waals surface area contributed by atoms with Gasteiger partial charge >= 0.3 is 6.18 Å².